The molecule has 178 valence electrons. The molecular weight excluding hydrogens is 472 g/mol. The number of benzene rings is 2. The highest BCUT2D eigenvalue weighted by Crippen LogP contribution is 2.42. The van der Waals surface area contributed by atoms with Crippen molar-refractivity contribution in [3.8, 4) is 41.6 Å². The van der Waals surface area contributed by atoms with Gasteiger partial charge >= 0.3 is 11.9 Å². The number of nitrogens with two attached hydrogens (primary N) is 1. The molecule has 2 aromatic rings. The van der Waals surface area contributed by atoms with Crippen LogP contribution in [0.1, 0.15) is 17.9 Å². The smallest absolute Gasteiger partial charge is 0.341 e. The van der Waals surface area contributed by atoms with Crippen LogP contribution < -0.4 is 15.8 Å². The summed E-state index contributed by atoms with van der Waals surface area (Å²) in [6, 6.07) is 12.3. The van der Waals surface area contributed by atoms with Gasteiger partial charge in [-0.25, -0.2) is 4.79 Å². The second-order valence-electron chi connectivity index (χ2n) is 7.30. The minimum atomic E-state index is -0.839. The van der Waals surface area contributed by atoms with Crippen LogP contribution in [-0.4, -0.2) is 36.9 Å². The zero-order chi connectivity index (χ0) is 25.4. The summed E-state index contributed by atoms with van der Waals surface area (Å²) < 4.78 is 15.7. The van der Waals surface area contributed by atoms with Gasteiger partial charge in [-0.2, -0.15) is 0 Å². The molecule has 0 saturated heterocycles. The summed E-state index contributed by atoms with van der Waals surface area (Å²) in [6.07, 6.45) is 10.1. The van der Waals surface area contributed by atoms with Crippen molar-refractivity contribution in [2.24, 2.45) is 5.73 Å². The Labute approximate surface area is 207 Å². The van der Waals surface area contributed by atoms with Crippen molar-refractivity contribution in [3.63, 3.8) is 0 Å². The van der Waals surface area contributed by atoms with Crippen LogP contribution in [0, 0.1) is 24.7 Å². The molecule has 1 amide bonds. The van der Waals surface area contributed by atoms with Gasteiger partial charge in [-0.3, -0.25) is 9.59 Å². The predicted octanol–water partition coefficient (Wildman–Crippen LogP) is 2.92. The lowest BCUT2D eigenvalue weighted by Crippen LogP contribution is -2.28. The van der Waals surface area contributed by atoms with Gasteiger partial charge in [0.2, 0.25) is 11.8 Å². The summed E-state index contributed by atoms with van der Waals surface area (Å²) in [5.41, 5.74) is 8.53. The summed E-state index contributed by atoms with van der Waals surface area (Å²) in [6.45, 7) is -0.497. The van der Waals surface area contributed by atoms with Crippen molar-refractivity contribution >= 4 is 35.1 Å². The number of fused-ring (bicyclic) bond motifs is 1. The average Bonchev–Trinajstić information content (AvgIpc) is 2.85. The fourth-order valence-corrected chi connectivity index (χ4v) is 3.62. The molecule has 0 saturated carbocycles. The summed E-state index contributed by atoms with van der Waals surface area (Å²) in [4.78, 5) is 36.8. The second kappa shape index (κ2) is 11.6. The van der Waals surface area contributed by atoms with E-state index in [0.29, 0.717) is 17.0 Å². The Morgan fingerprint density at radius 3 is 2.49 bits per heavy atom. The molecule has 0 aromatic heterocycles. The van der Waals surface area contributed by atoms with E-state index in [4.69, 9.17) is 44.4 Å². The molecule has 1 aliphatic rings. The van der Waals surface area contributed by atoms with Crippen LogP contribution in [0.3, 0.4) is 0 Å². The zero-order valence-corrected chi connectivity index (χ0v) is 19.3. The molecule has 1 heterocycles. The van der Waals surface area contributed by atoms with Crippen molar-refractivity contribution < 1.29 is 28.6 Å². The van der Waals surface area contributed by atoms with Crippen LogP contribution >= 0.6 is 11.6 Å². The monoisotopic (exact) mass is 492 g/mol. The Bertz CT molecular complexity index is 1270. The van der Waals surface area contributed by atoms with Gasteiger partial charge in [0.1, 0.15) is 17.2 Å². The first-order valence-electron chi connectivity index (χ1n) is 10.3. The van der Waals surface area contributed by atoms with Gasteiger partial charge in [0.25, 0.3) is 0 Å². The van der Waals surface area contributed by atoms with Crippen molar-refractivity contribution in [2.45, 2.75) is 12.3 Å². The number of ether oxygens (including phenoxy) is 3. The number of hydrogen-bond acceptors (Lipinski definition) is 7. The number of halogens is 1. The van der Waals surface area contributed by atoms with Crippen LogP contribution in [-0.2, 0) is 23.9 Å². The number of carbonyl (C=O) groups is 3. The van der Waals surface area contributed by atoms with Crippen molar-refractivity contribution in [2.75, 3.05) is 24.4 Å². The lowest BCUT2D eigenvalue weighted by Gasteiger charge is -2.28. The average molecular weight is 493 g/mol. The van der Waals surface area contributed by atoms with E-state index in [1.807, 2.05) is 6.07 Å². The van der Waals surface area contributed by atoms with E-state index in [0.717, 1.165) is 11.1 Å². The first-order valence-corrected chi connectivity index (χ1v) is 10.9. The third-order valence-corrected chi connectivity index (χ3v) is 5.26. The number of anilines is 1. The van der Waals surface area contributed by atoms with Gasteiger partial charge in [0, 0.05) is 17.2 Å². The van der Waals surface area contributed by atoms with E-state index < -0.39 is 17.9 Å². The second-order valence-corrected chi connectivity index (χ2v) is 7.56. The standard InChI is InChI=1S/C26H21ClN2O6/c1-3-10-33-23(31)14-20-19-13-17(16-6-5-7-18(12-16)29-22(30)15-27)8-9-21(19)35-25(28)24(20)26(32)34-11-4-2/h1-2,5-9,12-13,20H,10-11,14-15,28H2,(H,29,30). The maximum atomic E-state index is 12.7. The Morgan fingerprint density at radius 1 is 1.06 bits per heavy atom. The third kappa shape index (κ3) is 6.14. The molecule has 1 unspecified atom stereocenters. The summed E-state index contributed by atoms with van der Waals surface area (Å²) >= 11 is 5.57. The van der Waals surface area contributed by atoms with E-state index in [1.54, 1.807) is 36.4 Å². The first kappa shape index (κ1) is 25.2. The van der Waals surface area contributed by atoms with Gasteiger partial charge in [-0.1, -0.05) is 30.0 Å². The maximum Gasteiger partial charge on any atom is 0.341 e. The molecule has 1 aliphatic heterocycles. The number of rotatable bonds is 8. The lowest BCUT2D eigenvalue weighted by molar-refractivity contribution is -0.142. The number of amides is 1. The molecule has 0 bridgehead atoms. The zero-order valence-electron chi connectivity index (χ0n) is 18.5. The molecule has 1 atom stereocenters. The molecule has 9 heteroatoms. The van der Waals surface area contributed by atoms with Crippen molar-refractivity contribution in [1.82, 2.24) is 0 Å². The lowest BCUT2D eigenvalue weighted by atomic mass is 9.84. The highest BCUT2D eigenvalue weighted by molar-refractivity contribution is 6.29. The maximum absolute atomic E-state index is 12.7. The Morgan fingerprint density at radius 2 is 1.77 bits per heavy atom. The molecule has 0 spiro atoms. The molecule has 0 radical (unpaired) electrons. The number of esters is 2. The van der Waals surface area contributed by atoms with E-state index >= 15 is 0 Å². The minimum Gasteiger partial charge on any atom is -0.452 e. The fourth-order valence-electron chi connectivity index (χ4n) is 3.55. The van der Waals surface area contributed by atoms with Crippen molar-refractivity contribution in [3.05, 3.63) is 59.5 Å². The minimum absolute atomic E-state index is 0.0503. The third-order valence-electron chi connectivity index (χ3n) is 5.01. The molecule has 0 fully saturated rings. The van der Waals surface area contributed by atoms with E-state index in [2.05, 4.69) is 17.2 Å². The topological polar surface area (TPSA) is 117 Å². The highest BCUT2D eigenvalue weighted by Gasteiger charge is 2.36. The van der Waals surface area contributed by atoms with Crippen LogP contribution in [0.5, 0.6) is 5.75 Å². The number of nitrogens with one attached hydrogen (secondary N) is 1. The van der Waals surface area contributed by atoms with Gasteiger partial charge in [0.15, 0.2) is 13.2 Å². The first-order chi connectivity index (χ1) is 16.9. The van der Waals surface area contributed by atoms with E-state index in [1.165, 1.54) is 0 Å². The fraction of sp³-hybridized carbons (Fsp3) is 0.192. The van der Waals surface area contributed by atoms with Crippen LogP contribution in [0.15, 0.2) is 53.9 Å². The Hall–Kier alpha value is -4.40. The van der Waals surface area contributed by atoms with E-state index in [-0.39, 0.29) is 42.9 Å². The molecule has 2 aromatic carbocycles. The summed E-state index contributed by atoms with van der Waals surface area (Å²) in [5, 5.41) is 2.69. The SMILES string of the molecule is C#CCOC(=O)CC1C(C(=O)OCC#C)=C(N)Oc2ccc(-c3cccc(NC(=O)CCl)c3)cc21. The molecule has 8 nitrogen and oxygen atoms in total. The largest absolute Gasteiger partial charge is 0.452 e. The quantitative estimate of drug-likeness (QED) is 0.330. The molecule has 35 heavy (non-hydrogen) atoms. The van der Waals surface area contributed by atoms with Crippen LogP contribution in [0.4, 0.5) is 5.69 Å². The van der Waals surface area contributed by atoms with Crippen LogP contribution in [0.25, 0.3) is 11.1 Å². The molecule has 0 aliphatic carbocycles. The molecule has 3 rings (SSSR count). The van der Waals surface area contributed by atoms with Crippen molar-refractivity contribution in [1.29, 1.82) is 0 Å². The van der Waals surface area contributed by atoms with Gasteiger partial charge in [0.05, 0.1) is 6.42 Å². The van der Waals surface area contributed by atoms with Crippen LogP contribution in [0.2, 0.25) is 0 Å². The normalized spacial score (nSPS) is 14.0. The summed E-state index contributed by atoms with van der Waals surface area (Å²) in [7, 11) is 0. The number of alkyl halides is 1. The van der Waals surface area contributed by atoms with E-state index in [9.17, 15) is 14.4 Å². The van der Waals surface area contributed by atoms with Gasteiger partial charge in [-0.15, -0.1) is 24.4 Å². The Balaban J connectivity index is 2.03. The number of carbonyl (C=O) groups excluding carboxylic acids is 3. The molecule has 3 N–H and O–H groups in total. The number of terminal acetylenes is 2. The molecular formula is C26H21ClN2O6. The Kier molecular flexibility index (Phi) is 8.39. The van der Waals surface area contributed by atoms with Gasteiger partial charge < -0.3 is 25.3 Å². The summed E-state index contributed by atoms with van der Waals surface area (Å²) in [5.74, 6) is 1.79. The number of hydrogen-bond donors (Lipinski definition) is 2. The highest BCUT2D eigenvalue weighted by atomic mass is 35.5. The predicted molar refractivity (Wildman–Crippen MR) is 130 cm³/mol. The van der Waals surface area contributed by atoms with Gasteiger partial charge in [-0.05, 0) is 35.4 Å².